The third-order valence-electron chi connectivity index (χ3n) is 3.35. The summed E-state index contributed by atoms with van der Waals surface area (Å²) in [5.41, 5.74) is 3.79. The van der Waals surface area contributed by atoms with Crippen molar-refractivity contribution in [1.29, 1.82) is 0 Å². The largest absolute Gasteiger partial charge is 0.385 e. The van der Waals surface area contributed by atoms with Crippen LogP contribution in [-0.2, 0) is 6.42 Å². The van der Waals surface area contributed by atoms with Crippen molar-refractivity contribution in [3.8, 4) is 0 Å². The quantitative estimate of drug-likeness (QED) is 0.828. The van der Waals surface area contributed by atoms with Crippen LogP contribution in [0.15, 0.2) is 48.5 Å². The van der Waals surface area contributed by atoms with Crippen LogP contribution in [0.2, 0.25) is 0 Å². The summed E-state index contributed by atoms with van der Waals surface area (Å²) in [6.45, 7) is 5.18. The summed E-state index contributed by atoms with van der Waals surface area (Å²) >= 11 is 0. The number of carbonyl (C=O) groups is 1. The first-order chi connectivity index (χ1) is 10.2. The Kier molecular flexibility index (Phi) is 5.38. The second-order valence-corrected chi connectivity index (χ2v) is 5.01. The van der Waals surface area contributed by atoms with Gasteiger partial charge in [0.25, 0.3) is 5.91 Å². The Hall–Kier alpha value is -2.29. The lowest BCUT2D eigenvalue weighted by molar-refractivity contribution is 0.102. The SMILES string of the molecule is CCCNc1ccc(C(=O)Nc2ccc(CC)cc2)cc1. The van der Waals surface area contributed by atoms with E-state index in [0.29, 0.717) is 5.56 Å². The van der Waals surface area contributed by atoms with E-state index in [2.05, 4.69) is 24.5 Å². The van der Waals surface area contributed by atoms with Crippen LogP contribution in [0.5, 0.6) is 0 Å². The third kappa shape index (κ3) is 4.35. The highest BCUT2D eigenvalue weighted by molar-refractivity contribution is 6.04. The van der Waals surface area contributed by atoms with E-state index in [4.69, 9.17) is 0 Å². The van der Waals surface area contributed by atoms with Crippen LogP contribution in [-0.4, -0.2) is 12.5 Å². The van der Waals surface area contributed by atoms with Crippen LogP contribution in [0.25, 0.3) is 0 Å². The molecule has 0 saturated heterocycles. The predicted octanol–water partition coefficient (Wildman–Crippen LogP) is 4.32. The van der Waals surface area contributed by atoms with E-state index in [1.54, 1.807) is 0 Å². The van der Waals surface area contributed by atoms with Crippen molar-refractivity contribution in [1.82, 2.24) is 0 Å². The molecule has 2 aromatic carbocycles. The zero-order valence-electron chi connectivity index (χ0n) is 12.6. The molecule has 110 valence electrons. The van der Waals surface area contributed by atoms with Crippen molar-refractivity contribution < 1.29 is 4.79 Å². The fourth-order valence-corrected chi connectivity index (χ4v) is 2.04. The Morgan fingerprint density at radius 2 is 1.52 bits per heavy atom. The van der Waals surface area contributed by atoms with E-state index in [-0.39, 0.29) is 5.91 Å². The Balaban J connectivity index is 1.98. The summed E-state index contributed by atoms with van der Waals surface area (Å²) in [7, 11) is 0. The topological polar surface area (TPSA) is 41.1 Å². The van der Waals surface area contributed by atoms with E-state index in [1.807, 2.05) is 48.5 Å². The summed E-state index contributed by atoms with van der Waals surface area (Å²) in [5.74, 6) is -0.0821. The lowest BCUT2D eigenvalue weighted by atomic mass is 10.1. The average molecular weight is 282 g/mol. The lowest BCUT2D eigenvalue weighted by Crippen LogP contribution is -2.12. The van der Waals surface area contributed by atoms with E-state index < -0.39 is 0 Å². The standard InChI is InChI=1S/C18H22N2O/c1-3-13-19-16-11-7-15(8-12-16)18(21)20-17-9-5-14(4-2)6-10-17/h5-12,19H,3-4,13H2,1-2H3,(H,20,21). The van der Waals surface area contributed by atoms with Gasteiger partial charge in [-0.3, -0.25) is 4.79 Å². The average Bonchev–Trinajstić information content (AvgIpc) is 2.54. The summed E-state index contributed by atoms with van der Waals surface area (Å²) in [5, 5.41) is 6.20. The number of nitrogens with one attached hydrogen (secondary N) is 2. The fraction of sp³-hybridized carbons (Fsp3) is 0.278. The molecule has 3 nitrogen and oxygen atoms in total. The summed E-state index contributed by atoms with van der Waals surface area (Å²) < 4.78 is 0. The molecule has 2 rings (SSSR count). The molecule has 0 aromatic heterocycles. The third-order valence-corrected chi connectivity index (χ3v) is 3.35. The van der Waals surface area contributed by atoms with Gasteiger partial charge >= 0.3 is 0 Å². The zero-order chi connectivity index (χ0) is 15.1. The number of aryl methyl sites for hydroxylation is 1. The van der Waals surface area contributed by atoms with Crippen molar-refractivity contribution in [3.05, 3.63) is 59.7 Å². The molecule has 0 radical (unpaired) electrons. The molecule has 0 unspecified atom stereocenters. The number of anilines is 2. The molecule has 0 aliphatic rings. The second kappa shape index (κ2) is 7.48. The molecule has 2 aromatic rings. The molecule has 0 heterocycles. The number of hydrogen-bond acceptors (Lipinski definition) is 2. The molecule has 0 aliphatic carbocycles. The Morgan fingerprint density at radius 1 is 0.905 bits per heavy atom. The molecule has 21 heavy (non-hydrogen) atoms. The van der Waals surface area contributed by atoms with Crippen molar-refractivity contribution in [2.75, 3.05) is 17.2 Å². The van der Waals surface area contributed by atoms with Crippen LogP contribution in [0.3, 0.4) is 0 Å². The highest BCUT2D eigenvalue weighted by Crippen LogP contribution is 2.14. The smallest absolute Gasteiger partial charge is 0.255 e. The van der Waals surface area contributed by atoms with Gasteiger partial charge in [0.2, 0.25) is 0 Å². The molecular weight excluding hydrogens is 260 g/mol. The lowest BCUT2D eigenvalue weighted by Gasteiger charge is -2.08. The van der Waals surface area contributed by atoms with Crippen LogP contribution in [0.1, 0.15) is 36.2 Å². The normalized spacial score (nSPS) is 10.2. The molecular formula is C18H22N2O. The van der Waals surface area contributed by atoms with Crippen LogP contribution >= 0.6 is 0 Å². The van der Waals surface area contributed by atoms with Crippen molar-refractivity contribution >= 4 is 17.3 Å². The monoisotopic (exact) mass is 282 g/mol. The minimum absolute atomic E-state index is 0.0821. The van der Waals surface area contributed by atoms with Crippen LogP contribution < -0.4 is 10.6 Å². The van der Waals surface area contributed by atoms with Crippen LogP contribution in [0, 0.1) is 0 Å². The maximum Gasteiger partial charge on any atom is 0.255 e. The van der Waals surface area contributed by atoms with Gasteiger partial charge in [0.1, 0.15) is 0 Å². The number of benzene rings is 2. The van der Waals surface area contributed by atoms with E-state index >= 15 is 0 Å². The zero-order valence-corrected chi connectivity index (χ0v) is 12.6. The molecule has 2 N–H and O–H groups in total. The van der Waals surface area contributed by atoms with Crippen LogP contribution in [0.4, 0.5) is 11.4 Å². The Bertz CT molecular complexity index is 573. The minimum atomic E-state index is -0.0821. The predicted molar refractivity (Wildman–Crippen MR) is 89.0 cm³/mol. The van der Waals surface area contributed by atoms with Gasteiger partial charge < -0.3 is 10.6 Å². The van der Waals surface area contributed by atoms with E-state index in [9.17, 15) is 4.79 Å². The van der Waals surface area contributed by atoms with Crippen molar-refractivity contribution in [2.45, 2.75) is 26.7 Å². The molecule has 0 atom stereocenters. The van der Waals surface area contributed by atoms with Gasteiger partial charge in [0.05, 0.1) is 0 Å². The van der Waals surface area contributed by atoms with E-state index in [0.717, 1.165) is 30.8 Å². The van der Waals surface area contributed by atoms with Gasteiger partial charge in [-0.05, 0) is 54.8 Å². The number of rotatable bonds is 6. The van der Waals surface area contributed by atoms with Gasteiger partial charge in [-0.15, -0.1) is 0 Å². The van der Waals surface area contributed by atoms with Gasteiger partial charge in [-0.2, -0.15) is 0 Å². The molecule has 0 bridgehead atoms. The molecule has 3 heteroatoms. The van der Waals surface area contributed by atoms with Crippen molar-refractivity contribution in [3.63, 3.8) is 0 Å². The minimum Gasteiger partial charge on any atom is -0.385 e. The first-order valence-corrected chi connectivity index (χ1v) is 7.47. The first-order valence-electron chi connectivity index (χ1n) is 7.47. The highest BCUT2D eigenvalue weighted by Gasteiger charge is 2.05. The highest BCUT2D eigenvalue weighted by atomic mass is 16.1. The van der Waals surface area contributed by atoms with Gasteiger partial charge in [-0.25, -0.2) is 0 Å². The summed E-state index contributed by atoms with van der Waals surface area (Å²) in [6.07, 6.45) is 2.08. The maximum atomic E-state index is 12.2. The summed E-state index contributed by atoms with van der Waals surface area (Å²) in [6, 6.07) is 15.5. The first kappa shape index (κ1) is 15.1. The van der Waals surface area contributed by atoms with Gasteiger partial charge in [0.15, 0.2) is 0 Å². The molecule has 0 fully saturated rings. The maximum absolute atomic E-state index is 12.2. The molecule has 0 aliphatic heterocycles. The van der Waals surface area contributed by atoms with Gasteiger partial charge in [0, 0.05) is 23.5 Å². The van der Waals surface area contributed by atoms with E-state index in [1.165, 1.54) is 5.56 Å². The summed E-state index contributed by atoms with van der Waals surface area (Å²) in [4.78, 5) is 12.2. The number of carbonyl (C=O) groups excluding carboxylic acids is 1. The number of hydrogen-bond donors (Lipinski definition) is 2. The molecule has 0 spiro atoms. The second-order valence-electron chi connectivity index (χ2n) is 5.01. The van der Waals surface area contributed by atoms with Gasteiger partial charge in [-0.1, -0.05) is 26.0 Å². The number of amides is 1. The fourth-order valence-electron chi connectivity index (χ4n) is 2.04. The van der Waals surface area contributed by atoms with Crippen molar-refractivity contribution in [2.24, 2.45) is 0 Å². The molecule has 0 saturated carbocycles. The Morgan fingerprint density at radius 3 is 2.10 bits per heavy atom. The molecule has 1 amide bonds. The Labute approximate surface area is 126 Å².